The molecule has 0 radical (unpaired) electrons. The van der Waals surface area contributed by atoms with E-state index >= 15 is 0 Å². The van der Waals surface area contributed by atoms with Crippen LogP contribution in [0.5, 0.6) is 17.2 Å². The molecule has 2 aromatic rings. The highest BCUT2D eigenvalue weighted by Gasteiger charge is 2.53. The molecule has 5 nitrogen and oxygen atoms in total. The lowest BCUT2D eigenvalue weighted by Crippen LogP contribution is -2.43. The minimum atomic E-state index is -4.49. The highest BCUT2D eigenvalue weighted by atomic mass is 19.4. The van der Waals surface area contributed by atoms with Gasteiger partial charge in [-0.15, -0.1) is 0 Å². The third-order valence-electron chi connectivity index (χ3n) is 4.54. The van der Waals surface area contributed by atoms with E-state index in [2.05, 4.69) is 10.9 Å². The molecule has 26 heavy (non-hydrogen) atoms. The van der Waals surface area contributed by atoms with Crippen LogP contribution in [0.1, 0.15) is 23.1 Å². The van der Waals surface area contributed by atoms with Crippen molar-refractivity contribution in [3.63, 3.8) is 0 Å². The van der Waals surface area contributed by atoms with E-state index in [0.29, 0.717) is 22.6 Å². The highest BCUT2D eigenvalue weighted by Crippen LogP contribution is 2.47. The quantitative estimate of drug-likeness (QED) is 0.773. The SMILES string of the molecule is COc1ccc(C2NNC(C(F)(F)F)C2c2ccccc2OC)c(O)c1. The molecule has 0 aliphatic carbocycles. The van der Waals surface area contributed by atoms with Gasteiger partial charge in [0.05, 0.1) is 20.3 Å². The van der Waals surface area contributed by atoms with Gasteiger partial charge in [0.25, 0.3) is 0 Å². The number of nitrogens with one attached hydrogen (secondary N) is 2. The first-order chi connectivity index (χ1) is 12.4. The fourth-order valence-electron chi connectivity index (χ4n) is 3.32. The molecular weight excluding hydrogens is 349 g/mol. The summed E-state index contributed by atoms with van der Waals surface area (Å²) in [6.07, 6.45) is -4.49. The van der Waals surface area contributed by atoms with Crippen LogP contribution in [0.3, 0.4) is 0 Å². The van der Waals surface area contributed by atoms with Crippen LogP contribution in [-0.4, -0.2) is 31.5 Å². The van der Waals surface area contributed by atoms with E-state index in [1.165, 1.54) is 20.3 Å². The Morgan fingerprint density at radius 2 is 1.69 bits per heavy atom. The number of phenolic OH excluding ortho intramolecular Hbond substituents is 1. The number of hydrazine groups is 1. The number of aromatic hydroxyl groups is 1. The van der Waals surface area contributed by atoms with E-state index in [9.17, 15) is 18.3 Å². The molecule has 0 aromatic heterocycles. The molecule has 3 rings (SSSR count). The Balaban J connectivity index is 2.10. The van der Waals surface area contributed by atoms with Crippen molar-refractivity contribution in [1.82, 2.24) is 10.9 Å². The Hall–Kier alpha value is -2.45. The van der Waals surface area contributed by atoms with E-state index in [0.717, 1.165) is 0 Å². The van der Waals surface area contributed by atoms with Crippen molar-refractivity contribution in [3.05, 3.63) is 53.6 Å². The molecule has 0 saturated carbocycles. The molecular formula is C18H19F3N2O3. The number of benzene rings is 2. The van der Waals surface area contributed by atoms with Gasteiger partial charge in [-0.05, 0) is 12.1 Å². The average molecular weight is 368 g/mol. The summed E-state index contributed by atoms with van der Waals surface area (Å²) < 4.78 is 51.1. The average Bonchev–Trinajstić information content (AvgIpc) is 3.06. The van der Waals surface area contributed by atoms with Crippen molar-refractivity contribution in [2.75, 3.05) is 14.2 Å². The maximum atomic E-state index is 13.6. The number of para-hydroxylation sites is 1. The first kappa shape index (κ1) is 18.3. The smallest absolute Gasteiger partial charge is 0.405 e. The Morgan fingerprint density at radius 1 is 0.962 bits per heavy atom. The van der Waals surface area contributed by atoms with E-state index in [4.69, 9.17) is 9.47 Å². The van der Waals surface area contributed by atoms with Crippen molar-refractivity contribution in [1.29, 1.82) is 0 Å². The number of halogens is 3. The monoisotopic (exact) mass is 368 g/mol. The number of ether oxygens (including phenoxy) is 2. The van der Waals surface area contributed by atoms with Gasteiger partial charge in [0.1, 0.15) is 23.3 Å². The van der Waals surface area contributed by atoms with Crippen LogP contribution in [0, 0.1) is 0 Å². The highest BCUT2D eigenvalue weighted by molar-refractivity contribution is 5.46. The molecule has 0 spiro atoms. The van der Waals surface area contributed by atoms with Crippen molar-refractivity contribution >= 4 is 0 Å². The Labute approximate surface area is 148 Å². The zero-order chi connectivity index (χ0) is 18.9. The van der Waals surface area contributed by atoms with Gasteiger partial charge in [0.2, 0.25) is 0 Å². The number of methoxy groups -OCH3 is 2. The molecule has 3 N–H and O–H groups in total. The zero-order valence-electron chi connectivity index (χ0n) is 14.2. The fourth-order valence-corrected chi connectivity index (χ4v) is 3.32. The van der Waals surface area contributed by atoms with E-state index in [-0.39, 0.29) is 5.75 Å². The Bertz CT molecular complexity index is 783. The summed E-state index contributed by atoms with van der Waals surface area (Å²) >= 11 is 0. The van der Waals surface area contributed by atoms with Gasteiger partial charge in [-0.2, -0.15) is 13.2 Å². The third kappa shape index (κ3) is 3.30. The first-order valence-electron chi connectivity index (χ1n) is 7.94. The van der Waals surface area contributed by atoms with Gasteiger partial charge in [0, 0.05) is 23.1 Å². The van der Waals surface area contributed by atoms with Crippen LogP contribution >= 0.6 is 0 Å². The zero-order valence-corrected chi connectivity index (χ0v) is 14.2. The van der Waals surface area contributed by atoms with Crippen molar-refractivity contribution in [3.8, 4) is 17.2 Å². The van der Waals surface area contributed by atoms with Gasteiger partial charge in [-0.1, -0.05) is 24.3 Å². The van der Waals surface area contributed by atoms with Crippen LogP contribution in [0.25, 0.3) is 0 Å². The van der Waals surface area contributed by atoms with Gasteiger partial charge in [-0.25, -0.2) is 10.9 Å². The fraction of sp³-hybridized carbons (Fsp3) is 0.333. The Morgan fingerprint density at radius 3 is 2.31 bits per heavy atom. The van der Waals surface area contributed by atoms with Crippen LogP contribution < -0.4 is 20.3 Å². The lowest BCUT2D eigenvalue weighted by Gasteiger charge is -2.27. The maximum Gasteiger partial charge on any atom is 0.405 e. The second-order valence-corrected chi connectivity index (χ2v) is 5.98. The van der Waals surface area contributed by atoms with Crippen LogP contribution in [-0.2, 0) is 0 Å². The lowest BCUT2D eigenvalue weighted by atomic mass is 9.82. The molecule has 0 bridgehead atoms. The summed E-state index contributed by atoms with van der Waals surface area (Å²) in [5, 5.41) is 10.3. The van der Waals surface area contributed by atoms with E-state index in [1.807, 2.05) is 0 Å². The largest absolute Gasteiger partial charge is 0.507 e. The van der Waals surface area contributed by atoms with E-state index < -0.39 is 24.2 Å². The molecule has 1 saturated heterocycles. The maximum absolute atomic E-state index is 13.6. The summed E-state index contributed by atoms with van der Waals surface area (Å²) in [7, 11) is 2.86. The number of hydrogen-bond donors (Lipinski definition) is 3. The van der Waals surface area contributed by atoms with Gasteiger partial charge >= 0.3 is 6.18 Å². The number of phenols is 1. The summed E-state index contributed by atoms with van der Waals surface area (Å²) in [5.74, 6) is -0.412. The van der Waals surface area contributed by atoms with Crippen LogP contribution in [0.2, 0.25) is 0 Å². The molecule has 1 aliphatic heterocycles. The second-order valence-electron chi connectivity index (χ2n) is 5.98. The number of rotatable bonds is 4. The number of hydrogen-bond acceptors (Lipinski definition) is 5. The predicted octanol–water partition coefficient (Wildman–Crippen LogP) is 3.27. The molecule has 8 heteroatoms. The molecule has 2 aromatic carbocycles. The lowest BCUT2D eigenvalue weighted by molar-refractivity contribution is -0.156. The first-order valence-corrected chi connectivity index (χ1v) is 7.94. The minimum Gasteiger partial charge on any atom is -0.507 e. The molecule has 3 atom stereocenters. The molecule has 1 fully saturated rings. The third-order valence-corrected chi connectivity index (χ3v) is 4.54. The summed E-state index contributed by atoms with van der Waals surface area (Å²) in [6.45, 7) is 0. The Kier molecular flexibility index (Phi) is 4.97. The molecule has 0 amide bonds. The normalized spacial score (nSPS) is 23.0. The topological polar surface area (TPSA) is 62.8 Å². The van der Waals surface area contributed by atoms with Gasteiger partial charge < -0.3 is 14.6 Å². The van der Waals surface area contributed by atoms with Crippen molar-refractivity contribution in [2.45, 2.75) is 24.2 Å². The van der Waals surface area contributed by atoms with Crippen LogP contribution in [0.15, 0.2) is 42.5 Å². The second kappa shape index (κ2) is 7.05. The standard InChI is InChI=1S/C18H19F3N2O3/c1-25-10-7-8-11(13(24)9-10)16-15(17(23-22-16)18(19,20)21)12-5-3-4-6-14(12)26-2/h3-9,15-17,22-24H,1-2H3. The van der Waals surface area contributed by atoms with E-state index in [1.54, 1.807) is 36.4 Å². The number of alkyl halides is 3. The predicted molar refractivity (Wildman–Crippen MR) is 89.2 cm³/mol. The molecule has 1 aliphatic rings. The van der Waals surface area contributed by atoms with Crippen LogP contribution in [0.4, 0.5) is 13.2 Å². The van der Waals surface area contributed by atoms with Crippen molar-refractivity contribution < 1.29 is 27.8 Å². The summed E-state index contributed by atoms with van der Waals surface area (Å²) in [5.41, 5.74) is 5.74. The molecule has 1 heterocycles. The summed E-state index contributed by atoms with van der Waals surface area (Å²) in [4.78, 5) is 0. The molecule has 140 valence electrons. The van der Waals surface area contributed by atoms with Gasteiger partial charge in [0.15, 0.2) is 0 Å². The molecule has 3 unspecified atom stereocenters. The van der Waals surface area contributed by atoms with Crippen molar-refractivity contribution in [2.24, 2.45) is 0 Å². The van der Waals surface area contributed by atoms with Gasteiger partial charge in [-0.3, -0.25) is 0 Å². The minimum absolute atomic E-state index is 0.147. The summed E-state index contributed by atoms with van der Waals surface area (Å²) in [6, 6.07) is 8.43.